The second-order valence-corrected chi connectivity index (χ2v) is 25.0. The molecule has 0 aliphatic carbocycles. The zero-order valence-corrected chi connectivity index (χ0v) is 54.1. The van der Waals surface area contributed by atoms with Gasteiger partial charge in [-0.2, -0.15) is 0 Å². The predicted molar refractivity (Wildman–Crippen MR) is 292 cm³/mol. The molecule has 4 aromatic rings. The average molecular weight is 1200 g/mol. The summed E-state index contributed by atoms with van der Waals surface area (Å²) in [6.07, 6.45) is -5.69. The fourth-order valence-corrected chi connectivity index (χ4v) is 10.4. The molecule has 0 aromatic heterocycles. The van der Waals surface area contributed by atoms with E-state index in [0.29, 0.717) is 11.1 Å². The van der Waals surface area contributed by atoms with E-state index in [1.54, 1.807) is 52.0 Å². The van der Waals surface area contributed by atoms with Crippen molar-refractivity contribution in [3.63, 3.8) is 0 Å². The maximum atomic E-state index is 13.3. The van der Waals surface area contributed by atoms with E-state index in [4.69, 9.17) is 18.9 Å². The van der Waals surface area contributed by atoms with E-state index in [2.05, 4.69) is 21.3 Å². The Morgan fingerprint density at radius 1 is 0.439 bits per heavy atom. The van der Waals surface area contributed by atoms with E-state index in [1.165, 1.54) is 41.5 Å². The molecule has 4 amide bonds. The summed E-state index contributed by atoms with van der Waals surface area (Å²) in [5, 5.41) is 31.4. The molecule has 0 aliphatic heterocycles. The van der Waals surface area contributed by atoms with Crippen LogP contribution in [0.25, 0.3) is 22.3 Å². The van der Waals surface area contributed by atoms with Crippen molar-refractivity contribution < 1.29 is 146 Å². The minimum absolute atomic E-state index is 0. The number of ether oxygens (including phenoxy) is 4. The van der Waals surface area contributed by atoms with Gasteiger partial charge >= 0.3 is 83.2 Å². The molecule has 26 heteroatoms. The molecule has 82 heavy (non-hydrogen) atoms. The number of carboxylic acid groups (broad SMARTS) is 2. The van der Waals surface area contributed by atoms with Crippen LogP contribution in [-0.2, 0) is 69.7 Å². The summed E-state index contributed by atoms with van der Waals surface area (Å²) in [6.45, 7) is 14.1. The first-order chi connectivity index (χ1) is 37.4. The Labute approximate surface area is 522 Å². The molecule has 10 atom stereocenters. The number of carbonyl (C=O) groups is 8. The van der Waals surface area contributed by atoms with Crippen molar-refractivity contribution in [2.75, 3.05) is 12.3 Å². The molecule has 4 unspecified atom stereocenters. The Balaban J connectivity index is 0.000000800. The molecule has 436 valence electrons. The van der Waals surface area contributed by atoms with Crippen LogP contribution in [0.3, 0.4) is 0 Å². The van der Waals surface area contributed by atoms with Crippen molar-refractivity contribution in [1.82, 2.24) is 21.3 Å². The number of amides is 4. The first-order valence-corrected chi connectivity index (χ1v) is 29.5. The van der Waals surface area contributed by atoms with Crippen LogP contribution < -0.4 is 90.6 Å². The van der Waals surface area contributed by atoms with E-state index in [-0.39, 0.29) is 72.0 Å². The molecule has 0 saturated carbocycles. The SMILES string of the molecule is CC(OC(=O)N[C@@H](C)P(=O)(O)C[C@@H](Cc1ccc(-c2ccccc2)cc1)C(=O)N[C@@H](C)C(=O)[O-])OC(=O)C(C)C.CC(OC(=O)N[C@@H](C)P(=O)(O)C[C@@H](Cc1ccc(-c2ccccc2)cc1)C(=O)N[C@@H](C)C(=O)[O-])OC(=O)C(C)C.[Na+].[Na+]. The number of carboxylic acids is 2. The summed E-state index contributed by atoms with van der Waals surface area (Å²) in [4.78, 5) is 118. The fraction of sp³-hybridized carbons (Fsp3) is 0.429. The molecule has 4 aromatic carbocycles. The van der Waals surface area contributed by atoms with Crippen molar-refractivity contribution >= 4 is 62.6 Å². The molecule has 0 saturated heterocycles. The molecule has 0 heterocycles. The van der Waals surface area contributed by atoms with Gasteiger partial charge in [-0.25, -0.2) is 9.59 Å². The summed E-state index contributed by atoms with van der Waals surface area (Å²) in [6, 6.07) is 31.1. The number of nitrogens with one attached hydrogen (secondary N) is 4. The monoisotopic (exact) mass is 1200 g/mol. The van der Waals surface area contributed by atoms with Crippen LogP contribution in [0.4, 0.5) is 9.59 Å². The van der Waals surface area contributed by atoms with Crippen molar-refractivity contribution in [2.45, 2.75) is 118 Å². The predicted octanol–water partition coefficient (Wildman–Crippen LogP) is -0.683. The molecule has 0 bridgehead atoms. The summed E-state index contributed by atoms with van der Waals surface area (Å²) in [5.41, 5.74) is 5.22. The summed E-state index contributed by atoms with van der Waals surface area (Å²) >= 11 is 0. The van der Waals surface area contributed by atoms with E-state index >= 15 is 0 Å². The minimum atomic E-state index is -4.24. The van der Waals surface area contributed by atoms with Gasteiger partial charge in [-0.05, 0) is 73.9 Å². The van der Waals surface area contributed by atoms with Crippen LogP contribution in [0, 0.1) is 23.7 Å². The summed E-state index contributed by atoms with van der Waals surface area (Å²) in [7, 11) is -8.48. The van der Waals surface area contributed by atoms with Crippen molar-refractivity contribution in [2.24, 2.45) is 23.7 Å². The Bertz CT molecular complexity index is 2640. The molecule has 0 aliphatic rings. The molecule has 0 fully saturated rings. The maximum absolute atomic E-state index is 13.3. The number of hydrogen-bond donors (Lipinski definition) is 6. The fourth-order valence-electron chi connectivity index (χ4n) is 7.26. The van der Waals surface area contributed by atoms with Gasteiger partial charge in [0, 0.05) is 26.2 Å². The molecule has 6 N–H and O–H groups in total. The van der Waals surface area contributed by atoms with Gasteiger partial charge in [0.2, 0.25) is 39.1 Å². The summed E-state index contributed by atoms with van der Waals surface area (Å²) < 4.78 is 46.3. The van der Waals surface area contributed by atoms with Crippen LogP contribution in [0.15, 0.2) is 109 Å². The van der Waals surface area contributed by atoms with Gasteiger partial charge in [0.25, 0.3) is 0 Å². The summed E-state index contributed by atoms with van der Waals surface area (Å²) in [5.74, 6) is -11.4. The van der Waals surface area contributed by atoms with Crippen molar-refractivity contribution in [3.8, 4) is 22.3 Å². The van der Waals surface area contributed by atoms with Crippen molar-refractivity contribution in [1.29, 1.82) is 0 Å². The van der Waals surface area contributed by atoms with Gasteiger partial charge in [-0.1, -0.05) is 137 Å². The smallest absolute Gasteiger partial charge is 0.548 e. The Morgan fingerprint density at radius 2 is 0.720 bits per heavy atom. The van der Waals surface area contributed by atoms with Gasteiger partial charge in [-0.15, -0.1) is 0 Å². The Hall–Kier alpha value is -5.38. The average Bonchev–Trinajstić information content (AvgIpc) is 3.38. The number of aliphatic carboxylic acids is 2. The largest absolute Gasteiger partial charge is 1.00 e. The second kappa shape index (κ2) is 35.7. The number of esters is 2. The quantitative estimate of drug-likeness (QED) is 0.0196. The van der Waals surface area contributed by atoms with Gasteiger partial charge in [0.05, 0.1) is 47.7 Å². The maximum Gasteiger partial charge on any atom is 1.00 e. The van der Waals surface area contributed by atoms with E-state index in [0.717, 1.165) is 22.3 Å². The Morgan fingerprint density at radius 3 is 0.988 bits per heavy atom. The number of hydrogen-bond acceptors (Lipinski definition) is 16. The third-order valence-corrected chi connectivity index (χ3v) is 16.7. The van der Waals surface area contributed by atoms with Crippen LogP contribution in [0.2, 0.25) is 0 Å². The normalized spacial score (nSPS) is 15.2. The molecule has 4 rings (SSSR count). The van der Waals surface area contributed by atoms with Crippen LogP contribution in [-0.4, -0.2) is 106 Å². The molecule has 22 nitrogen and oxygen atoms in total. The molecule has 0 spiro atoms. The molecular weight excluding hydrogens is 1120 g/mol. The molecular formula is C56H72N4Na2O18P2. The third-order valence-electron chi connectivity index (χ3n) is 12.1. The zero-order valence-electron chi connectivity index (χ0n) is 48.3. The number of rotatable bonds is 26. The molecule has 0 radical (unpaired) electrons. The van der Waals surface area contributed by atoms with Gasteiger partial charge in [-0.3, -0.25) is 28.3 Å². The van der Waals surface area contributed by atoms with E-state index < -0.39 is 135 Å². The van der Waals surface area contributed by atoms with Crippen LogP contribution >= 0.6 is 14.7 Å². The second-order valence-electron chi connectivity index (χ2n) is 19.7. The topological polar surface area (TPSA) is 342 Å². The number of alkyl carbamates (subject to hydrolysis) is 2. The zero-order chi connectivity index (χ0) is 60.1. The van der Waals surface area contributed by atoms with Crippen molar-refractivity contribution in [3.05, 3.63) is 120 Å². The number of carbonyl (C=O) groups excluding carboxylic acids is 8. The van der Waals surface area contributed by atoms with Gasteiger partial charge in [0.15, 0.2) is 0 Å². The van der Waals surface area contributed by atoms with E-state index in [1.807, 2.05) is 84.9 Å². The minimum Gasteiger partial charge on any atom is -0.548 e. The first-order valence-electron chi connectivity index (χ1n) is 25.7. The van der Waals surface area contributed by atoms with Crippen LogP contribution in [0.5, 0.6) is 0 Å². The number of benzene rings is 4. The first kappa shape index (κ1) is 74.6. The van der Waals surface area contributed by atoms with E-state index in [9.17, 15) is 67.5 Å². The van der Waals surface area contributed by atoms with Gasteiger partial charge in [0.1, 0.15) is 11.6 Å². The van der Waals surface area contributed by atoms with Crippen LogP contribution in [0.1, 0.15) is 80.4 Å². The third kappa shape index (κ3) is 26.0. The Kier molecular flexibility index (Phi) is 32.5. The van der Waals surface area contributed by atoms with Gasteiger partial charge < -0.3 is 69.8 Å². The standard InChI is InChI=1S/2C28H37N2O9P.2Na/c2*1-17(2)27(34)38-20(5)39-28(35)30-19(4)40(36,37)16-24(25(31)29-18(3)26(32)33)15-21-11-13-23(14-12-21)22-9-7-6-8-10-22;;/h2*6-14,17-20,24H,15-16H2,1-5H3,(H,29,31)(H,30,35)(H,32,33)(H,36,37);;/q;;2*+1/p-2/t2*18-,19+,20?,24+;;/m00../s1.